The number of fused-ring (bicyclic) bond motifs is 1. The highest BCUT2D eigenvalue weighted by Crippen LogP contribution is 2.49. The van der Waals surface area contributed by atoms with E-state index in [9.17, 15) is 0 Å². The van der Waals surface area contributed by atoms with Gasteiger partial charge >= 0.3 is 0 Å². The fraction of sp³-hybridized carbons (Fsp3) is 0.375. The molecule has 4 nitrogen and oxygen atoms in total. The quantitative estimate of drug-likeness (QED) is 0.840. The topological polar surface area (TPSA) is 38.2 Å². The van der Waals surface area contributed by atoms with Gasteiger partial charge in [0.15, 0.2) is 0 Å². The number of hydrogen-bond donors (Lipinski definition) is 0. The van der Waals surface area contributed by atoms with E-state index in [0.29, 0.717) is 5.88 Å². The first kappa shape index (κ1) is 12.9. The molecule has 1 aromatic heterocycles. The van der Waals surface area contributed by atoms with Crippen LogP contribution in [0.5, 0.6) is 5.88 Å². The zero-order chi connectivity index (χ0) is 14.3. The predicted molar refractivity (Wildman–Crippen MR) is 79.4 cm³/mol. The van der Waals surface area contributed by atoms with Gasteiger partial charge in [-0.15, -0.1) is 0 Å². The van der Waals surface area contributed by atoms with Crippen LogP contribution < -0.4 is 9.64 Å². The average molecular weight is 269 g/mol. The van der Waals surface area contributed by atoms with Crippen molar-refractivity contribution in [2.45, 2.75) is 25.4 Å². The number of benzene rings is 1. The van der Waals surface area contributed by atoms with Crippen LogP contribution in [-0.4, -0.2) is 29.7 Å². The van der Waals surface area contributed by atoms with Crippen molar-refractivity contribution in [1.82, 2.24) is 9.97 Å². The minimum Gasteiger partial charge on any atom is -0.470 e. The van der Waals surface area contributed by atoms with E-state index in [-0.39, 0.29) is 11.5 Å². The molecule has 0 aliphatic carbocycles. The molecule has 0 saturated heterocycles. The molecule has 1 aliphatic heterocycles. The van der Waals surface area contributed by atoms with Crippen molar-refractivity contribution >= 4 is 5.82 Å². The van der Waals surface area contributed by atoms with Crippen LogP contribution in [0.1, 0.15) is 30.9 Å². The van der Waals surface area contributed by atoms with Crippen LogP contribution in [0, 0.1) is 0 Å². The van der Waals surface area contributed by atoms with Crippen molar-refractivity contribution in [2.24, 2.45) is 0 Å². The van der Waals surface area contributed by atoms with E-state index in [4.69, 9.17) is 4.74 Å². The summed E-state index contributed by atoms with van der Waals surface area (Å²) in [5, 5.41) is 0. The fourth-order valence-corrected chi connectivity index (χ4v) is 2.93. The molecule has 0 fully saturated rings. The van der Waals surface area contributed by atoms with E-state index in [0.717, 1.165) is 11.4 Å². The second-order valence-corrected chi connectivity index (χ2v) is 5.86. The minimum atomic E-state index is -0.329. The number of nitrogens with zero attached hydrogens (tertiary/aromatic N) is 3. The number of rotatable bonds is 2. The molecule has 0 radical (unpaired) electrons. The van der Waals surface area contributed by atoms with Crippen molar-refractivity contribution in [1.29, 1.82) is 0 Å². The molecule has 3 rings (SSSR count). The lowest BCUT2D eigenvalue weighted by atomic mass is 9.81. The van der Waals surface area contributed by atoms with Gasteiger partial charge < -0.3 is 9.64 Å². The summed E-state index contributed by atoms with van der Waals surface area (Å²) in [5.41, 5.74) is 1.98. The molecule has 0 spiro atoms. The number of anilines is 1. The second kappa shape index (κ2) is 4.47. The largest absolute Gasteiger partial charge is 0.470 e. The number of hydrogen-bond acceptors (Lipinski definition) is 4. The van der Waals surface area contributed by atoms with Crippen molar-refractivity contribution in [2.75, 3.05) is 19.0 Å². The Morgan fingerprint density at radius 2 is 1.80 bits per heavy atom. The van der Waals surface area contributed by atoms with E-state index >= 15 is 0 Å². The molecule has 104 valence electrons. The van der Waals surface area contributed by atoms with Gasteiger partial charge in [-0.05, 0) is 19.4 Å². The van der Waals surface area contributed by atoms with Crippen LogP contribution in [0.2, 0.25) is 0 Å². The van der Waals surface area contributed by atoms with Gasteiger partial charge in [-0.3, -0.25) is 0 Å². The summed E-state index contributed by atoms with van der Waals surface area (Å²) in [5.74, 6) is 1.76. The smallest absolute Gasteiger partial charge is 0.223 e. The first-order chi connectivity index (χ1) is 9.50. The normalized spacial score (nSPS) is 19.3. The van der Waals surface area contributed by atoms with Crippen molar-refractivity contribution in [3.05, 3.63) is 47.8 Å². The lowest BCUT2D eigenvalue weighted by Gasteiger charge is -2.27. The van der Waals surface area contributed by atoms with Crippen LogP contribution in [0.3, 0.4) is 0 Å². The van der Waals surface area contributed by atoms with Gasteiger partial charge in [0.25, 0.3) is 0 Å². The van der Waals surface area contributed by atoms with Crippen molar-refractivity contribution in [3.63, 3.8) is 0 Å². The zero-order valence-electron chi connectivity index (χ0n) is 12.3. The second-order valence-electron chi connectivity index (χ2n) is 5.86. The molecule has 1 atom stereocenters. The molecule has 2 heterocycles. The van der Waals surface area contributed by atoms with Crippen molar-refractivity contribution in [3.8, 4) is 5.88 Å². The predicted octanol–water partition coefficient (Wildman–Crippen LogP) is 2.85. The molecule has 2 aromatic rings. The molecular formula is C16H19N3O. The summed E-state index contributed by atoms with van der Waals surface area (Å²) in [6.07, 6.45) is 1.57. The van der Waals surface area contributed by atoms with Gasteiger partial charge in [0.1, 0.15) is 17.7 Å². The highest BCUT2D eigenvalue weighted by molar-refractivity contribution is 5.58. The number of ether oxygens (including phenoxy) is 1. The Morgan fingerprint density at radius 3 is 2.45 bits per heavy atom. The molecule has 0 bridgehead atoms. The molecule has 20 heavy (non-hydrogen) atoms. The summed E-state index contributed by atoms with van der Waals surface area (Å²) in [7, 11) is 3.99. The van der Waals surface area contributed by atoms with Crippen LogP contribution in [-0.2, 0) is 0 Å². The molecular weight excluding hydrogens is 250 g/mol. The monoisotopic (exact) mass is 269 g/mol. The third-order valence-corrected chi connectivity index (χ3v) is 3.73. The van der Waals surface area contributed by atoms with Gasteiger partial charge in [-0.1, -0.05) is 30.3 Å². The summed E-state index contributed by atoms with van der Waals surface area (Å²) >= 11 is 0. The molecule has 0 N–H and O–H groups in total. The first-order valence-corrected chi connectivity index (χ1v) is 6.77. The Labute approximate surface area is 119 Å². The molecule has 4 heteroatoms. The van der Waals surface area contributed by atoms with E-state index in [2.05, 4.69) is 48.1 Å². The van der Waals surface area contributed by atoms with Crippen LogP contribution in [0.25, 0.3) is 0 Å². The maximum absolute atomic E-state index is 6.07. The van der Waals surface area contributed by atoms with E-state index in [1.54, 1.807) is 6.33 Å². The van der Waals surface area contributed by atoms with Gasteiger partial charge in [-0.2, -0.15) is 0 Å². The molecule has 1 aromatic carbocycles. The maximum atomic E-state index is 6.07. The zero-order valence-corrected chi connectivity index (χ0v) is 12.3. The third kappa shape index (κ3) is 1.92. The molecule has 0 unspecified atom stereocenters. The SMILES string of the molecule is CN(C)c1ncnc2c1[C@H](c1ccccc1)C(C)(C)O2. The van der Waals surface area contributed by atoms with Crippen LogP contribution >= 0.6 is 0 Å². The molecule has 0 amide bonds. The average Bonchev–Trinajstić information content (AvgIpc) is 2.68. The third-order valence-electron chi connectivity index (χ3n) is 3.73. The van der Waals surface area contributed by atoms with Crippen LogP contribution in [0.15, 0.2) is 36.7 Å². The minimum absolute atomic E-state index is 0.136. The van der Waals surface area contributed by atoms with Gasteiger partial charge in [-0.25, -0.2) is 9.97 Å². The van der Waals surface area contributed by atoms with Gasteiger partial charge in [0.05, 0.1) is 11.5 Å². The Bertz CT molecular complexity index is 623. The summed E-state index contributed by atoms with van der Waals surface area (Å²) in [4.78, 5) is 10.8. The fourth-order valence-electron chi connectivity index (χ4n) is 2.93. The standard InChI is InChI=1S/C16H19N3O/c1-16(2)13(11-8-6-5-7-9-11)12-14(19(3)4)17-10-18-15(12)20-16/h5-10,13H,1-4H3/t13-/m0/s1. The van der Waals surface area contributed by atoms with Crippen molar-refractivity contribution < 1.29 is 4.74 Å². The van der Waals surface area contributed by atoms with E-state index in [1.807, 2.05) is 25.1 Å². The summed E-state index contributed by atoms with van der Waals surface area (Å²) < 4.78 is 6.07. The Kier molecular flexibility index (Phi) is 2.89. The summed E-state index contributed by atoms with van der Waals surface area (Å²) in [6.45, 7) is 4.21. The van der Waals surface area contributed by atoms with Gasteiger partial charge in [0.2, 0.25) is 5.88 Å². The van der Waals surface area contributed by atoms with E-state index in [1.165, 1.54) is 5.56 Å². The Hall–Kier alpha value is -2.10. The Balaban J connectivity index is 2.21. The number of aromatic nitrogens is 2. The highest BCUT2D eigenvalue weighted by Gasteiger charge is 2.45. The van der Waals surface area contributed by atoms with Gasteiger partial charge in [0, 0.05) is 14.1 Å². The first-order valence-electron chi connectivity index (χ1n) is 6.77. The van der Waals surface area contributed by atoms with E-state index < -0.39 is 0 Å². The molecule has 1 aliphatic rings. The summed E-state index contributed by atoms with van der Waals surface area (Å²) in [6, 6.07) is 10.4. The lowest BCUT2D eigenvalue weighted by molar-refractivity contribution is 0.117. The maximum Gasteiger partial charge on any atom is 0.223 e. The van der Waals surface area contributed by atoms with Crippen LogP contribution in [0.4, 0.5) is 5.82 Å². The Morgan fingerprint density at radius 1 is 1.10 bits per heavy atom. The molecule has 0 saturated carbocycles. The lowest BCUT2D eigenvalue weighted by Crippen LogP contribution is -2.31. The highest BCUT2D eigenvalue weighted by atomic mass is 16.5.